The molecule has 0 saturated heterocycles. The first-order valence-corrected chi connectivity index (χ1v) is 8.19. The Balaban J connectivity index is 3.96. The predicted octanol–water partition coefficient (Wildman–Crippen LogP) is 5.93. The minimum Gasteiger partial charge on any atom is -0.478 e. The first kappa shape index (κ1) is 20.4. The molecule has 0 bridgehead atoms. The minimum absolute atomic E-state index is 0.429. The van der Waals surface area contributed by atoms with Crippen molar-refractivity contribution in [2.24, 2.45) is 11.8 Å². The van der Waals surface area contributed by atoms with Gasteiger partial charge >= 0.3 is 5.97 Å². The fraction of sp³-hybridized carbons (Fsp3) is 0.550. The van der Waals surface area contributed by atoms with E-state index in [1.807, 2.05) is 6.92 Å². The number of allylic oxidation sites excluding steroid dienone is 6. The molecule has 0 aliphatic carbocycles. The van der Waals surface area contributed by atoms with E-state index < -0.39 is 5.97 Å². The quantitative estimate of drug-likeness (QED) is 0.292. The molecule has 0 radical (unpaired) electrons. The number of hydrogen-bond acceptors (Lipinski definition) is 1. The Morgan fingerprint density at radius 1 is 1.14 bits per heavy atom. The molecule has 0 unspecified atom stereocenters. The van der Waals surface area contributed by atoms with Crippen molar-refractivity contribution in [3.63, 3.8) is 0 Å². The van der Waals surface area contributed by atoms with E-state index in [9.17, 15) is 4.79 Å². The highest BCUT2D eigenvalue weighted by molar-refractivity contribution is 5.80. The summed E-state index contributed by atoms with van der Waals surface area (Å²) in [5.74, 6) is 0.322. The molecule has 0 aromatic carbocycles. The summed E-state index contributed by atoms with van der Waals surface area (Å²) >= 11 is 0. The maximum atomic E-state index is 10.6. The zero-order valence-electron chi connectivity index (χ0n) is 14.6. The minimum atomic E-state index is -0.865. The monoisotopic (exact) mass is 304 g/mol. The van der Waals surface area contributed by atoms with Crippen molar-refractivity contribution in [3.8, 4) is 0 Å². The summed E-state index contributed by atoms with van der Waals surface area (Å²) in [5, 5.41) is 8.70. The zero-order valence-corrected chi connectivity index (χ0v) is 14.6. The van der Waals surface area contributed by atoms with Crippen molar-refractivity contribution in [2.75, 3.05) is 0 Å². The normalized spacial score (nSPS) is 14.1. The van der Waals surface area contributed by atoms with Crippen LogP contribution in [0.5, 0.6) is 0 Å². The lowest BCUT2D eigenvalue weighted by Crippen LogP contribution is -1.99. The molecule has 0 aromatic heterocycles. The second-order valence-corrected chi connectivity index (χ2v) is 6.62. The van der Waals surface area contributed by atoms with E-state index in [1.165, 1.54) is 18.1 Å². The summed E-state index contributed by atoms with van der Waals surface area (Å²) in [7, 11) is 0. The van der Waals surface area contributed by atoms with E-state index in [2.05, 4.69) is 51.7 Å². The third kappa shape index (κ3) is 13.4. The van der Waals surface area contributed by atoms with E-state index >= 15 is 0 Å². The van der Waals surface area contributed by atoms with Crippen molar-refractivity contribution < 1.29 is 9.90 Å². The van der Waals surface area contributed by atoms with Gasteiger partial charge in [-0.25, -0.2) is 4.79 Å². The summed E-state index contributed by atoms with van der Waals surface area (Å²) in [6.07, 6.45) is 14.8. The van der Waals surface area contributed by atoms with Gasteiger partial charge in [0.25, 0.3) is 0 Å². The lowest BCUT2D eigenvalue weighted by molar-refractivity contribution is -0.131. The summed E-state index contributed by atoms with van der Waals surface area (Å²) in [6.45, 7) is 12.6. The van der Waals surface area contributed by atoms with E-state index in [-0.39, 0.29) is 0 Å². The smallest absolute Gasteiger partial charge is 0.328 e. The van der Waals surface area contributed by atoms with Gasteiger partial charge in [-0.1, -0.05) is 62.8 Å². The summed E-state index contributed by atoms with van der Waals surface area (Å²) in [4.78, 5) is 10.6. The summed E-state index contributed by atoms with van der Waals surface area (Å²) < 4.78 is 0. The third-order valence-electron chi connectivity index (χ3n) is 3.38. The number of carbonyl (C=O) groups is 1. The molecule has 0 rings (SSSR count). The number of carboxylic acid groups (broad SMARTS) is 1. The number of carboxylic acids is 1. The van der Waals surface area contributed by atoms with Gasteiger partial charge < -0.3 is 5.11 Å². The molecule has 0 saturated carbocycles. The van der Waals surface area contributed by atoms with Crippen LogP contribution in [0, 0.1) is 11.8 Å². The molecule has 22 heavy (non-hydrogen) atoms. The van der Waals surface area contributed by atoms with Crippen LogP contribution in [0.4, 0.5) is 0 Å². The van der Waals surface area contributed by atoms with Crippen molar-refractivity contribution >= 4 is 5.97 Å². The van der Waals surface area contributed by atoms with E-state index in [0.29, 0.717) is 5.92 Å². The van der Waals surface area contributed by atoms with Gasteiger partial charge in [0.05, 0.1) is 0 Å². The molecule has 0 aliphatic rings. The van der Waals surface area contributed by atoms with Crippen LogP contribution in [0.3, 0.4) is 0 Å². The van der Waals surface area contributed by atoms with Crippen molar-refractivity contribution in [2.45, 2.75) is 59.8 Å². The molecule has 0 spiro atoms. The molecule has 0 aromatic rings. The maximum Gasteiger partial charge on any atom is 0.328 e. The molecule has 0 fully saturated rings. The van der Waals surface area contributed by atoms with Crippen molar-refractivity contribution in [3.05, 3.63) is 48.1 Å². The van der Waals surface area contributed by atoms with Crippen LogP contribution in [0.2, 0.25) is 0 Å². The highest BCUT2D eigenvalue weighted by Crippen LogP contribution is 2.20. The average molecular weight is 304 g/mol. The van der Waals surface area contributed by atoms with Gasteiger partial charge in [-0.2, -0.15) is 0 Å². The first-order valence-electron chi connectivity index (χ1n) is 8.19. The fourth-order valence-electron chi connectivity index (χ4n) is 2.39. The molecule has 0 aliphatic heterocycles. The van der Waals surface area contributed by atoms with Crippen LogP contribution in [-0.4, -0.2) is 11.1 Å². The molecule has 1 N–H and O–H groups in total. The van der Waals surface area contributed by atoms with Crippen LogP contribution in [0.25, 0.3) is 0 Å². The Morgan fingerprint density at radius 3 is 2.36 bits per heavy atom. The van der Waals surface area contributed by atoms with Gasteiger partial charge in [0.15, 0.2) is 0 Å². The second kappa shape index (κ2) is 12.0. The van der Waals surface area contributed by atoms with Gasteiger partial charge in [0.1, 0.15) is 0 Å². The Hall–Kier alpha value is -1.57. The first-order chi connectivity index (χ1) is 10.3. The molecular weight excluding hydrogens is 272 g/mol. The maximum absolute atomic E-state index is 10.6. The fourth-order valence-corrected chi connectivity index (χ4v) is 2.39. The van der Waals surface area contributed by atoms with Crippen LogP contribution in [0.15, 0.2) is 48.1 Å². The Bertz CT molecular complexity index is 425. The molecular formula is C20H32O2. The standard InChI is InChI=1S/C20H32O2/c1-16(2)11-9-7-6-8-10-12-17(3)13-18(4)14-19(5)15-20(21)22/h6-8,10,15-16,18H,3,9,11-14H2,1-2,4-5H3,(H,21,22)/b7-6+,10-8+,19-15+/t18-/m0/s1. The topological polar surface area (TPSA) is 37.3 Å². The van der Waals surface area contributed by atoms with E-state index in [0.717, 1.165) is 37.2 Å². The van der Waals surface area contributed by atoms with Gasteiger partial charge in [-0.15, -0.1) is 0 Å². The summed E-state index contributed by atoms with van der Waals surface area (Å²) in [5.41, 5.74) is 2.11. The van der Waals surface area contributed by atoms with Crippen molar-refractivity contribution in [1.82, 2.24) is 0 Å². The lowest BCUT2D eigenvalue weighted by atomic mass is 9.94. The van der Waals surface area contributed by atoms with E-state index in [4.69, 9.17) is 5.11 Å². The highest BCUT2D eigenvalue weighted by Gasteiger charge is 2.05. The van der Waals surface area contributed by atoms with E-state index in [1.54, 1.807) is 0 Å². The van der Waals surface area contributed by atoms with Crippen LogP contribution >= 0.6 is 0 Å². The van der Waals surface area contributed by atoms with Gasteiger partial charge in [0, 0.05) is 6.08 Å². The largest absolute Gasteiger partial charge is 0.478 e. The number of aliphatic carboxylic acids is 1. The Labute approximate surface area is 136 Å². The number of hydrogen-bond donors (Lipinski definition) is 1. The molecule has 0 amide bonds. The highest BCUT2D eigenvalue weighted by atomic mass is 16.4. The van der Waals surface area contributed by atoms with Crippen LogP contribution in [0.1, 0.15) is 59.8 Å². The lowest BCUT2D eigenvalue weighted by Gasteiger charge is -2.12. The van der Waals surface area contributed by atoms with Gasteiger partial charge in [-0.05, 0) is 50.9 Å². The van der Waals surface area contributed by atoms with Crippen LogP contribution < -0.4 is 0 Å². The molecule has 2 nitrogen and oxygen atoms in total. The molecule has 0 heterocycles. The van der Waals surface area contributed by atoms with Crippen LogP contribution in [-0.2, 0) is 4.79 Å². The summed E-state index contributed by atoms with van der Waals surface area (Å²) in [6, 6.07) is 0. The Kier molecular flexibility index (Phi) is 11.2. The van der Waals surface area contributed by atoms with Crippen molar-refractivity contribution in [1.29, 1.82) is 0 Å². The predicted molar refractivity (Wildman–Crippen MR) is 95.9 cm³/mol. The second-order valence-electron chi connectivity index (χ2n) is 6.62. The molecule has 1 atom stereocenters. The van der Waals surface area contributed by atoms with Gasteiger partial charge in [0.2, 0.25) is 0 Å². The SMILES string of the molecule is C=C(C/C=C/C=C/CCC(C)C)C[C@H](C)C/C(C)=C/C(=O)O. The Morgan fingerprint density at radius 2 is 1.77 bits per heavy atom. The zero-order chi connectivity index (χ0) is 17.0. The third-order valence-corrected chi connectivity index (χ3v) is 3.38. The molecule has 124 valence electrons. The number of rotatable bonds is 11. The average Bonchev–Trinajstić information content (AvgIpc) is 2.35. The van der Waals surface area contributed by atoms with Gasteiger partial charge in [-0.3, -0.25) is 0 Å². The molecule has 2 heteroatoms.